The molecule has 0 saturated carbocycles. The number of benzene rings is 1. The van der Waals surface area contributed by atoms with Crippen LogP contribution in [0.4, 0.5) is 5.69 Å². The summed E-state index contributed by atoms with van der Waals surface area (Å²) in [7, 11) is 0. The number of ether oxygens (including phenoxy) is 1. The number of rotatable bonds is 7. The average molecular weight is 381 g/mol. The third-order valence-electron chi connectivity index (χ3n) is 3.31. The van der Waals surface area contributed by atoms with E-state index < -0.39 is 6.10 Å². The molecule has 1 heterocycles. The summed E-state index contributed by atoms with van der Waals surface area (Å²) in [6.45, 7) is 6.57. The summed E-state index contributed by atoms with van der Waals surface area (Å²) in [6.07, 6.45) is 3.45. The quantitative estimate of drug-likeness (QED) is 0.798. The largest absolute Gasteiger partial charge is 0.369 e. The molecule has 6 nitrogen and oxygen atoms in total. The summed E-state index contributed by atoms with van der Waals surface area (Å²) in [6, 6.07) is 5.57. The molecule has 124 valence electrons. The van der Waals surface area contributed by atoms with Crippen LogP contribution in [0.15, 0.2) is 35.3 Å². The van der Waals surface area contributed by atoms with Crippen molar-refractivity contribution >= 4 is 27.5 Å². The smallest absolute Gasteiger partial charge is 0.253 e. The first kappa shape index (κ1) is 17.6. The number of amides is 1. The Balaban J connectivity index is 2.07. The second kappa shape index (κ2) is 8.21. The Kier molecular flexibility index (Phi) is 6.29. The van der Waals surface area contributed by atoms with Crippen molar-refractivity contribution < 1.29 is 9.53 Å². The molecular weight excluding hydrogens is 360 g/mol. The molecule has 1 aromatic carbocycles. The molecule has 2 aromatic rings. The lowest BCUT2D eigenvalue weighted by molar-refractivity contribution is -0.126. The van der Waals surface area contributed by atoms with Crippen LogP contribution >= 0.6 is 15.9 Å². The number of aromatic nitrogens is 3. The van der Waals surface area contributed by atoms with Gasteiger partial charge in [-0.05, 0) is 37.5 Å². The molecule has 0 aliphatic heterocycles. The second-order valence-corrected chi connectivity index (χ2v) is 6.60. The van der Waals surface area contributed by atoms with Crippen LogP contribution in [0.5, 0.6) is 0 Å². The Labute approximate surface area is 144 Å². The van der Waals surface area contributed by atoms with Crippen molar-refractivity contribution in [3.8, 4) is 5.69 Å². The van der Waals surface area contributed by atoms with Crippen LogP contribution in [0.1, 0.15) is 27.2 Å². The molecule has 1 aromatic heterocycles. The maximum Gasteiger partial charge on any atom is 0.253 e. The molecule has 0 radical (unpaired) electrons. The van der Waals surface area contributed by atoms with Crippen molar-refractivity contribution in [2.75, 3.05) is 11.9 Å². The van der Waals surface area contributed by atoms with Crippen molar-refractivity contribution in [2.24, 2.45) is 5.92 Å². The molecule has 23 heavy (non-hydrogen) atoms. The molecule has 1 atom stereocenters. The van der Waals surface area contributed by atoms with Crippen LogP contribution in [0.3, 0.4) is 0 Å². The van der Waals surface area contributed by atoms with Crippen molar-refractivity contribution in [1.29, 1.82) is 0 Å². The molecule has 7 heteroatoms. The molecule has 0 bridgehead atoms. The maximum absolute atomic E-state index is 12.3. The first-order valence-electron chi connectivity index (χ1n) is 7.54. The molecule has 0 fully saturated rings. The lowest BCUT2D eigenvalue weighted by Gasteiger charge is -2.16. The molecule has 0 aliphatic rings. The minimum atomic E-state index is -0.517. The number of nitrogens with zero attached hydrogens (tertiary/aromatic N) is 3. The Bertz CT molecular complexity index is 644. The van der Waals surface area contributed by atoms with Gasteiger partial charge in [-0.3, -0.25) is 4.79 Å². The zero-order valence-electron chi connectivity index (χ0n) is 13.5. The number of hydrogen-bond acceptors (Lipinski definition) is 4. The second-order valence-electron chi connectivity index (χ2n) is 5.69. The van der Waals surface area contributed by atoms with E-state index in [2.05, 4.69) is 45.2 Å². The van der Waals surface area contributed by atoms with E-state index in [1.807, 2.05) is 18.2 Å². The summed E-state index contributed by atoms with van der Waals surface area (Å²) >= 11 is 3.42. The summed E-state index contributed by atoms with van der Waals surface area (Å²) in [5.74, 6) is 0.363. The lowest BCUT2D eigenvalue weighted by Crippen LogP contribution is -2.28. The van der Waals surface area contributed by atoms with Gasteiger partial charge in [0.2, 0.25) is 0 Å². The van der Waals surface area contributed by atoms with Crippen molar-refractivity contribution in [3.05, 3.63) is 35.3 Å². The van der Waals surface area contributed by atoms with Gasteiger partial charge in [0.1, 0.15) is 18.8 Å². The Morgan fingerprint density at radius 2 is 2.17 bits per heavy atom. The number of carbonyl (C=O) groups excluding carboxylic acids is 1. The van der Waals surface area contributed by atoms with E-state index in [1.165, 1.54) is 6.33 Å². The minimum Gasteiger partial charge on any atom is -0.369 e. The van der Waals surface area contributed by atoms with Crippen molar-refractivity contribution in [3.63, 3.8) is 0 Å². The van der Waals surface area contributed by atoms with E-state index in [4.69, 9.17) is 4.74 Å². The molecule has 0 spiro atoms. The standard InChI is InChI=1S/C16H21BrN4O2/c1-11(2)6-7-23-12(3)16(22)20-14-8-13(17)4-5-15(14)21-10-18-9-19-21/h4-5,8-12H,6-7H2,1-3H3,(H,20,22)/t12-/m1/s1. The fourth-order valence-electron chi connectivity index (χ4n) is 1.93. The minimum absolute atomic E-state index is 0.187. The van der Waals surface area contributed by atoms with Gasteiger partial charge in [0.05, 0.1) is 11.4 Å². The van der Waals surface area contributed by atoms with Gasteiger partial charge in [-0.2, -0.15) is 5.10 Å². The maximum atomic E-state index is 12.3. The van der Waals surface area contributed by atoms with E-state index in [-0.39, 0.29) is 5.91 Å². The molecule has 1 amide bonds. The first-order chi connectivity index (χ1) is 11.0. The molecule has 0 unspecified atom stereocenters. The zero-order chi connectivity index (χ0) is 16.8. The fourth-order valence-corrected chi connectivity index (χ4v) is 2.29. The van der Waals surface area contributed by atoms with Gasteiger partial charge in [0.15, 0.2) is 0 Å². The van der Waals surface area contributed by atoms with E-state index in [9.17, 15) is 4.79 Å². The van der Waals surface area contributed by atoms with Gasteiger partial charge < -0.3 is 10.1 Å². The van der Waals surface area contributed by atoms with Crippen molar-refractivity contribution in [1.82, 2.24) is 14.8 Å². The van der Waals surface area contributed by atoms with Crippen molar-refractivity contribution in [2.45, 2.75) is 33.3 Å². The molecule has 2 rings (SSSR count). The van der Waals surface area contributed by atoms with Gasteiger partial charge in [0.25, 0.3) is 5.91 Å². The van der Waals surface area contributed by atoms with Gasteiger partial charge >= 0.3 is 0 Å². The zero-order valence-corrected chi connectivity index (χ0v) is 15.1. The highest BCUT2D eigenvalue weighted by Gasteiger charge is 2.16. The van der Waals surface area contributed by atoms with E-state index in [1.54, 1.807) is 17.9 Å². The monoisotopic (exact) mass is 380 g/mol. The van der Waals surface area contributed by atoms with Crippen LogP contribution in [0, 0.1) is 5.92 Å². The van der Waals surface area contributed by atoms with Gasteiger partial charge in [-0.25, -0.2) is 9.67 Å². The number of hydrogen-bond donors (Lipinski definition) is 1. The summed E-state index contributed by atoms with van der Waals surface area (Å²) in [5, 5.41) is 7.00. The predicted molar refractivity (Wildman–Crippen MR) is 92.6 cm³/mol. The Morgan fingerprint density at radius 3 is 2.83 bits per heavy atom. The van der Waals surface area contributed by atoms with Crippen LogP contribution in [0.25, 0.3) is 5.69 Å². The Hall–Kier alpha value is -1.73. The number of anilines is 1. The lowest BCUT2D eigenvalue weighted by atomic mass is 10.1. The van der Waals surface area contributed by atoms with E-state index >= 15 is 0 Å². The fraction of sp³-hybridized carbons (Fsp3) is 0.438. The van der Waals surface area contributed by atoms with Crippen LogP contribution in [-0.4, -0.2) is 33.4 Å². The third-order valence-corrected chi connectivity index (χ3v) is 3.81. The molecular formula is C16H21BrN4O2. The third kappa shape index (κ3) is 5.14. The Morgan fingerprint density at radius 1 is 1.39 bits per heavy atom. The van der Waals surface area contributed by atoms with Crippen LogP contribution in [0.2, 0.25) is 0 Å². The highest BCUT2D eigenvalue weighted by Crippen LogP contribution is 2.24. The predicted octanol–water partition coefficient (Wildman–Crippen LogP) is 3.42. The average Bonchev–Trinajstić information content (AvgIpc) is 3.00. The number of halogens is 1. The number of carbonyl (C=O) groups is 1. The SMILES string of the molecule is CC(C)CCO[C@H](C)C(=O)Nc1cc(Br)ccc1-n1cncn1. The summed E-state index contributed by atoms with van der Waals surface area (Å²) < 4.78 is 8.06. The van der Waals surface area contributed by atoms with E-state index in [0.717, 1.165) is 16.6 Å². The normalized spacial score (nSPS) is 12.4. The highest BCUT2D eigenvalue weighted by molar-refractivity contribution is 9.10. The van der Waals surface area contributed by atoms with E-state index in [0.29, 0.717) is 18.2 Å². The van der Waals surface area contributed by atoms with Gasteiger partial charge in [-0.1, -0.05) is 29.8 Å². The summed E-state index contributed by atoms with van der Waals surface area (Å²) in [5.41, 5.74) is 1.39. The van der Waals surface area contributed by atoms with Gasteiger partial charge in [0, 0.05) is 11.1 Å². The number of nitrogens with one attached hydrogen (secondary N) is 1. The highest BCUT2D eigenvalue weighted by atomic mass is 79.9. The molecule has 1 N–H and O–H groups in total. The summed E-state index contributed by atoms with van der Waals surface area (Å²) in [4.78, 5) is 16.3. The first-order valence-corrected chi connectivity index (χ1v) is 8.33. The van der Waals surface area contributed by atoms with Gasteiger partial charge in [-0.15, -0.1) is 0 Å². The topological polar surface area (TPSA) is 69.0 Å². The van der Waals surface area contributed by atoms with Crippen LogP contribution in [-0.2, 0) is 9.53 Å². The van der Waals surface area contributed by atoms with Crippen LogP contribution < -0.4 is 5.32 Å². The molecule has 0 aliphatic carbocycles. The molecule has 0 saturated heterocycles.